The maximum Gasteiger partial charge on any atom is 0.161 e. The first-order valence-corrected chi connectivity index (χ1v) is 8.26. The van der Waals surface area contributed by atoms with Crippen LogP contribution in [0.2, 0.25) is 0 Å². The number of hydrogen-bond acceptors (Lipinski definition) is 7. The Balaban J connectivity index is 1.66. The summed E-state index contributed by atoms with van der Waals surface area (Å²) in [5.41, 5.74) is 2.49. The molecule has 0 saturated heterocycles. The Morgan fingerprint density at radius 2 is 1.67 bits per heavy atom. The lowest BCUT2D eigenvalue weighted by Crippen LogP contribution is -2.03. The quantitative estimate of drug-likeness (QED) is 0.662. The van der Waals surface area contributed by atoms with Gasteiger partial charge in [-0.05, 0) is 42.0 Å². The second-order valence-corrected chi connectivity index (χ2v) is 5.65. The van der Waals surface area contributed by atoms with E-state index >= 15 is 0 Å². The van der Waals surface area contributed by atoms with E-state index in [0.29, 0.717) is 35.2 Å². The fourth-order valence-electron chi connectivity index (χ4n) is 2.48. The molecule has 0 bridgehead atoms. The summed E-state index contributed by atoms with van der Waals surface area (Å²) in [6, 6.07) is 16.8. The molecule has 3 aromatic rings. The number of aromatic nitrogens is 2. The van der Waals surface area contributed by atoms with Gasteiger partial charge in [0.15, 0.2) is 11.5 Å². The first kappa shape index (κ1) is 18.0. The summed E-state index contributed by atoms with van der Waals surface area (Å²) in [6.45, 7) is 0.577. The molecule has 0 aliphatic heterocycles. The zero-order chi connectivity index (χ0) is 19.1. The van der Waals surface area contributed by atoms with Gasteiger partial charge in [0.2, 0.25) is 0 Å². The standard InChI is InChI=1S/C20H19N5O2/c1-26-17-8-5-15(9-18(17)27-2)12-22-19-10-20(24-13-23-19)25-16-6-3-14(11-21)4-7-16/h3-10,13H,12H2,1-2H3,(H2,22,23,24,25). The minimum atomic E-state index is 0.577. The van der Waals surface area contributed by atoms with Gasteiger partial charge in [-0.1, -0.05) is 6.07 Å². The van der Waals surface area contributed by atoms with Crippen molar-refractivity contribution in [3.63, 3.8) is 0 Å². The second kappa shape index (κ2) is 8.54. The molecule has 0 aliphatic rings. The van der Waals surface area contributed by atoms with E-state index in [9.17, 15) is 0 Å². The van der Waals surface area contributed by atoms with Crippen molar-refractivity contribution in [3.8, 4) is 17.6 Å². The number of hydrogen-bond donors (Lipinski definition) is 2. The SMILES string of the molecule is COc1ccc(CNc2cc(Nc3ccc(C#N)cc3)ncn2)cc1OC. The zero-order valence-corrected chi connectivity index (χ0v) is 15.1. The van der Waals surface area contributed by atoms with E-state index in [1.54, 1.807) is 26.4 Å². The summed E-state index contributed by atoms with van der Waals surface area (Å²) in [5, 5.41) is 15.3. The van der Waals surface area contributed by atoms with E-state index in [2.05, 4.69) is 26.7 Å². The maximum atomic E-state index is 8.86. The Bertz CT molecular complexity index is 951. The smallest absolute Gasteiger partial charge is 0.161 e. The van der Waals surface area contributed by atoms with Gasteiger partial charge in [-0.25, -0.2) is 9.97 Å². The van der Waals surface area contributed by atoms with Crippen LogP contribution in [0.4, 0.5) is 17.3 Å². The summed E-state index contributed by atoms with van der Waals surface area (Å²) < 4.78 is 10.6. The summed E-state index contributed by atoms with van der Waals surface area (Å²) in [5.74, 6) is 2.72. The predicted octanol–water partition coefficient (Wildman–Crippen LogP) is 3.72. The molecule has 136 valence electrons. The fourth-order valence-corrected chi connectivity index (χ4v) is 2.48. The lowest BCUT2D eigenvalue weighted by atomic mass is 10.2. The molecule has 1 aromatic heterocycles. The van der Waals surface area contributed by atoms with Crippen LogP contribution in [0.3, 0.4) is 0 Å². The Hall–Kier alpha value is -3.79. The molecule has 2 aromatic carbocycles. The summed E-state index contributed by atoms with van der Waals surface area (Å²) in [4.78, 5) is 8.46. The van der Waals surface area contributed by atoms with Crippen molar-refractivity contribution in [2.24, 2.45) is 0 Å². The van der Waals surface area contributed by atoms with Gasteiger partial charge in [0.1, 0.15) is 18.0 Å². The summed E-state index contributed by atoms with van der Waals surface area (Å²) in [6.07, 6.45) is 1.49. The van der Waals surface area contributed by atoms with Gasteiger partial charge in [-0.3, -0.25) is 0 Å². The van der Waals surface area contributed by atoms with Gasteiger partial charge < -0.3 is 20.1 Å². The average molecular weight is 361 g/mol. The van der Waals surface area contributed by atoms with Crippen molar-refractivity contribution in [1.29, 1.82) is 5.26 Å². The van der Waals surface area contributed by atoms with Crippen LogP contribution in [0, 0.1) is 11.3 Å². The van der Waals surface area contributed by atoms with Crippen molar-refractivity contribution < 1.29 is 9.47 Å². The molecule has 2 N–H and O–H groups in total. The average Bonchev–Trinajstić information content (AvgIpc) is 2.73. The maximum absolute atomic E-state index is 8.86. The number of rotatable bonds is 7. The molecule has 0 amide bonds. The molecule has 7 nitrogen and oxygen atoms in total. The van der Waals surface area contributed by atoms with Crippen LogP contribution in [-0.4, -0.2) is 24.2 Å². The predicted molar refractivity (Wildman–Crippen MR) is 103 cm³/mol. The molecule has 0 aliphatic carbocycles. The minimum Gasteiger partial charge on any atom is -0.493 e. The van der Waals surface area contributed by atoms with Crippen LogP contribution in [-0.2, 0) is 6.54 Å². The van der Waals surface area contributed by atoms with E-state index in [4.69, 9.17) is 14.7 Å². The molecular formula is C20H19N5O2. The third kappa shape index (κ3) is 4.64. The summed E-state index contributed by atoms with van der Waals surface area (Å²) >= 11 is 0. The van der Waals surface area contributed by atoms with Gasteiger partial charge in [-0.2, -0.15) is 5.26 Å². The highest BCUT2D eigenvalue weighted by molar-refractivity contribution is 5.59. The Morgan fingerprint density at radius 3 is 2.37 bits per heavy atom. The third-order valence-electron chi connectivity index (χ3n) is 3.88. The minimum absolute atomic E-state index is 0.577. The number of ether oxygens (including phenoxy) is 2. The molecule has 27 heavy (non-hydrogen) atoms. The van der Waals surface area contributed by atoms with Crippen LogP contribution in [0.5, 0.6) is 11.5 Å². The normalized spacial score (nSPS) is 9.96. The van der Waals surface area contributed by atoms with Crippen molar-refractivity contribution in [1.82, 2.24) is 9.97 Å². The van der Waals surface area contributed by atoms with Crippen molar-refractivity contribution in [2.45, 2.75) is 6.54 Å². The summed E-state index contributed by atoms with van der Waals surface area (Å²) in [7, 11) is 3.22. The van der Waals surface area contributed by atoms with Crippen LogP contribution >= 0.6 is 0 Å². The lowest BCUT2D eigenvalue weighted by molar-refractivity contribution is 0.354. The van der Waals surface area contributed by atoms with Gasteiger partial charge in [-0.15, -0.1) is 0 Å². The Kier molecular flexibility index (Phi) is 5.70. The molecule has 0 spiro atoms. The van der Waals surface area contributed by atoms with E-state index < -0.39 is 0 Å². The van der Waals surface area contributed by atoms with E-state index in [1.165, 1.54) is 6.33 Å². The monoisotopic (exact) mass is 361 g/mol. The van der Waals surface area contributed by atoms with Gasteiger partial charge in [0.05, 0.1) is 25.9 Å². The van der Waals surface area contributed by atoms with Crippen LogP contribution < -0.4 is 20.1 Å². The van der Waals surface area contributed by atoms with Crippen molar-refractivity contribution in [3.05, 3.63) is 66.0 Å². The number of methoxy groups -OCH3 is 2. The number of nitrogens with zero attached hydrogens (tertiary/aromatic N) is 3. The van der Waals surface area contributed by atoms with Gasteiger partial charge in [0, 0.05) is 18.3 Å². The fraction of sp³-hybridized carbons (Fsp3) is 0.150. The Labute approximate surface area is 157 Å². The molecule has 0 unspecified atom stereocenters. The first-order valence-electron chi connectivity index (χ1n) is 8.26. The van der Waals surface area contributed by atoms with E-state index in [-0.39, 0.29) is 0 Å². The number of nitrogens with one attached hydrogen (secondary N) is 2. The van der Waals surface area contributed by atoms with Crippen LogP contribution in [0.1, 0.15) is 11.1 Å². The highest BCUT2D eigenvalue weighted by Crippen LogP contribution is 2.27. The molecule has 0 radical (unpaired) electrons. The topological polar surface area (TPSA) is 92.1 Å². The number of benzene rings is 2. The first-order chi connectivity index (χ1) is 13.2. The second-order valence-electron chi connectivity index (χ2n) is 5.65. The highest BCUT2D eigenvalue weighted by Gasteiger charge is 2.05. The molecular weight excluding hydrogens is 342 g/mol. The molecule has 7 heteroatoms. The number of nitriles is 1. The van der Waals surface area contributed by atoms with Crippen molar-refractivity contribution >= 4 is 17.3 Å². The molecule has 0 saturated carbocycles. The van der Waals surface area contributed by atoms with Gasteiger partial charge >= 0.3 is 0 Å². The van der Waals surface area contributed by atoms with E-state index in [1.807, 2.05) is 36.4 Å². The van der Waals surface area contributed by atoms with Gasteiger partial charge in [0.25, 0.3) is 0 Å². The van der Waals surface area contributed by atoms with Crippen LogP contribution in [0.25, 0.3) is 0 Å². The van der Waals surface area contributed by atoms with Crippen molar-refractivity contribution in [2.75, 3.05) is 24.9 Å². The Morgan fingerprint density at radius 1 is 0.926 bits per heavy atom. The van der Waals surface area contributed by atoms with Crippen LogP contribution in [0.15, 0.2) is 54.9 Å². The molecule has 3 rings (SSSR count). The third-order valence-corrected chi connectivity index (χ3v) is 3.88. The zero-order valence-electron chi connectivity index (χ0n) is 15.1. The van der Waals surface area contributed by atoms with E-state index in [0.717, 1.165) is 11.3 Å². The molecule has 0 atom stereocenters. The molecule has 0 fully saturated rings. The molecule has 1 heterocycles. The largest absolute Gasteiger partial charge is 0.493 e. The number of anilines is 3. The highest BCUT2D eigenvalue weighted by atomic mass is 16.5. The lowest BCUT2D eigenvalue weighted by Gasteiger charge is -2.11.